The summed E-state index contributed by atoms with van der Waals surface area (Å²) in [7, 11) is -3.81. The molecular formula is C14H17FN2O4S. The average Bonchev–Trinajstić information content (AvgIpc) is 2.48. The third-order valence-electron chi connectivity index (χ3n) is 2.97. The fourth-order valence-corrected chi connectivity index (χ4v) is 3.27. The second-order valence-electron chi connectivity index (χ2n) is 4.41. The third kappa shape index (κ3) is 3.81. The van der Waals surface area contributed by atoms with E-state index in [-0.39, 0.29) is 18.0 Å². The Morgan fingerprint density at radius 2 is 2.00 bits per heavy atom. The molecule has 0 aliphatic carbocycles. The van der Waals surface area contributed by atoms with E-state index in [1.165, 1.54) is 11.2 Å². The van der Waals surface area contributed by atoms with Gasteiger partial charge in [0, 0.05) is 13.1 Å². The molecule has 0 N–H and O–H groups in total. The minimum absolute atomic E-state index is 0.200. The summed E-state index contributed by atoms with van der Waals surface area (Å²) in [6, 6.07) is 4.58. The van der Waals surface area contributed by atoms with E-state index in [9.17, 15) is 17.6 Å². The maximum atomic E-state index is 13.7. The summed E-state index contributed by atoms with van der Waals surface area (Å²) in [5.41, 5.74) is -0.518. The van der Waals surface area contributed by atoms with Crippen molar-refractivity contribution in [2.75, 3.05) is 13.1 Å². The summed E-state index contributed by atoms with van der Waals surface area (Å²) < 4.78 is 44.3. The van der Waals surface area contributed by atoms with Gasteiger partial charge in [-0.2, -0.15) is 9.57 Å². The van der Waals surface area contributed by atoms with Crippen LogP contribution in [0.15, 0.2) is 23.1 Å². The lowest BCUT2D eigenvalue weighted by molar-refractivity contribution is 0.0430. The number of halogens is 1. The van der Waals surface area contributed by atoms with E-state index in [1.807, 2.05) is 0 Å². The van der Waals surface area contributed by atoms with E-state index < -0.39 is 33.5 Å². The smallest absolute Gasteiger partial charge is 0.342 e. The van der Waals surface area contributed by atoms with Crippen LogP contribution in [0.2, 0.25) is 0 Å². The Morgan fingerprint density at radius 1 is 1.41 bits per heavy atom. The number of carbonyl (C=O) groups is 1. The van der Waals surface area contributed by atoms with Crippen molar-refractivity contribution in [3.63, 3.8) is 0 Å². The standard InChI is InChI=1S/C14H17FN2O4S/c1-4-17(5-2)22(19,20)11-6-7-13(15)12(8-11)14(18)21-10(3)9-16/h6-8,10H,4-5H2,1-3H3/t10-/m1/s1. The molecule has 22 heavy (non-hydrogen) atoms. The lowest BCUT2D eigenvalue weighted by Crippen LogP contribution is -2.30. The maximum Gasteiger partial charge on any atom is 0.342 e. The van der Waals surface area contributed by atoms with Gasteiger partial charge >= 0.3 is 5.97 Å². The van der Waals surface area contributed by atoms with Crippen LogP contribution in [0.4, 0.5) is 4.39 Å². The normalized spacial score (nSPS) is 12.7. The summed E-state index contributed by atoms with van der Waals surface area (Å²) >= 11 is 0. The first kappa shape index (κ1) is 18.1. The SMILES string of the molecule is CCN(CC)S(=O)(=O)c1ccc(F)c(C(=O)O[C@H](C)C#N)c1. The second-order valence-corrected chi connectivity index (χ2v) is 6.35. The van der Waals surface area contributed by atoms with Crippen LogP contribution >= 0.6 is 0 Å². The minimum atomic E-state index is -3.81. The topological polar surface area (TPSA) is 87.5 Å². The number of sulfonamides is 1. The molecule has 0 radical (unpaired) electrons. The number of nitrogens with zero attached hydrogens (tertiary/aromatic N) is 2. The number of benzene rings is 1. The van der Waals surface area contributed by atoms with Crippen molar-refractivity contribution in [3.05, 3.63) is 29.6 Å². The molecule has 1 aromatic carbocycles. The van der Waals surface area contributed by atoms with Gasteiger partial charge in [0.25, 0.3) is 0 Å². The molecule has 0 fully saturated rings. The minimum Gasteiger partial charge on any atom is -0.444 e. The molecule has 0 amide bonds. The molecule has 1 aromatic rings. The summed E-state index contributed by atoms with van der Waals surface area (Å²) in [6.07, 6.45) is -1.06. The van der Waals surface area contributed by atoms with Gasteiger partial charge in [0.15, 0.2) is 6.10 Å². The van der Waals surface area contributed by atoms with Crippen molar-refractivity contribution in [3.8, 4) is 6.07 Å². The fraction of sp³-hybridized carbons (Fsp3) is 0.429. The van der Waals surface area contributed by atoms with Gasteiger partial charge in [0.2, 0.25) is 10.0 Å². The molecule has 0 aromatic heterocycles. The van der Waals surface area contributed by atoms with Crippen molar-refractivity contribution in [1.29, 1.82) is 5.26 Å². The van der Waals surface area contributed by atoms with Crippen LogP contribution in [0.5, 0.6) is 0 Å². The van der Waals surface area contributed by atoms with Gasteiger partial charge in [-0.3, -0.25) is 0 Å². The van der Waals surface area contributed by atoms with E-state index >= 15 is 0 Å². The molecule has 0 heterocycles. The zero-order valence-electron chi connectivity index (χ0n) is 12.5. The molecular weight excluding hydrogens is 311 g/mol. The highest BCUT2D eigenvalue weighted by atomic mass is 32.2. The molecule has 0 aliphatic rings. The first-order chi connectivity index (χ1) is 10.3. The van der Waals surface area contributed by atoms with Gasteiger partial charge < -0.3 is 4.74 Å². The highest BCUT2D eigenvalue weighted by Gasteiger charge is 2.25. The van der Waals surface area contributed by atoms with E-state index in [2.05, 4.69) is 0 Å². The number of hydrogen-bond donors (Lipinski definition) is 0. The van der Waals surface area contributed by atoms with E-state index in [0.29, 0.717) is 0 Å². The quantitative estimate of drug-likeness (QED) is 0.745. The summed E-state index contributed by atoms with van der Waals surface area (Å²) in [6.45, 7) is 5.18. The van der Waals surface area contributed by atoms with Crippen LogP contribution in [-0.4, -0.2) is 37.9 Å². The van der Waals surface area contributed by atoms with Crippen molar-refractivity contribution in [2.45, 2.75) is 31.8 Å². The molecule has 0 saturated carbocycles. The number of ether oxygens (including phenoxy) is 1. The van der Waals surface area contributed by atoms with Gasteiger partial charge in [-0.05, 0) is 25.1 Å². The first-order valence-corrected chi connectivity index (χ1v) is 8.12. The predicted molar refractivity (Wildman–Crippen MR) is 77.0 cm³/mol. The lowest BCUT2D eigenvalue weighted by atomic mass is 10.2. The molecule has 0 aliphatic heterocycles. The largest absolute Gasteiger partial charge is 0.444 e. The highest BCUT2D eigenvalue weighted by Crippen LogP contribution is 2.20. The van der Waals surface area contributed by atoms with Gasteiger partial charge in [-0.15, -0.1) is 0 Å². The third-order valence-corrected chi connectivity index (χ3v) is 5.01. The maximum absolute atomic E-state index is 13.7. The molecule has 0 spiro atoms. The van der Waals surface area contributed by atoms with E-state index in [4.69, 9.17) is 10.00 Å². The van der Waals surface area contributed by atoms with Crippen LogP contribution in [0, 0.1) is 17.1 Å². The number of rotatable bonds is 6. The molecule has 0 unspecified atom stereocenters. The summed E-state index contributed by atoms with van der Waals surface area (Å²) in [5, 5.41) is 8.60. The Labute approximate surface area is 129 Å². The molecule has 0 saturated heterocycles. The van der Waals surface area contributed by atoms with Crippen LogP contribution in [0.3, 0.4) is 0 Å². The number of carbonyl (C=O) groups excluding carboxylic acids is 1. The van der Waals surface area contributed by atoms with Gasteiger partial charge in [-0.25, -0.2) is 17.6 Å². The summed E-state index contributed by atoms with van der Waals surface area (Å²) in [5.74, 6) is -1.99. The first-order valence-electron chi connectivity index (χ1n) is 6.68. The molecule has 0 bridgehead atoms. The molecule has 120 valence electrons. The van der Waals surface area contributed by atoms with Crippen LogP contribution in [0.1, 0.15) is 31.1 Å². The Bertz CT molecular complexity index is 693. The molecule has 8 heteroatoms. The van der Waals surface area contributed by atoms with Gasteiger partial charge in [0.05, 0.1) is 10.5 Å². The van der Waals surface area contributed by atoms with Gasteiger partial charge in [0.1, 0.15) is 11.9 Å². The van der Waals surface area contributed by atoms with Crippen molar-refractivity contribution in [1.82, 2.24) is 4.31 Å². The monoisotopic (exact) mass is 328 g/mol. The number of hydrogen-bond acceptors (Lipinski definition) is 5. The lowest BCUT2D eigenvalue weighted by Gasteiger charge is -2.18. The summed E-state index contributed by atoms with van der Waals surface area (Å²) in [4.78, 5) is 11.6. The van der Waals surface area contributed by atoms with E-state index in [1.54, 1.807) is 19.9 Å². The molecule has 6 nitrogen and oxygen atoms in total. The Kier molecular flexibility index (Phi) is 6.02. The Morgan fingerprint density at radius 3 is 2.50 bits per heavy atom. The Balaban J connectivity index is 3.26. The van der Waals surface area contributed by atoms with Crippen LogP contribution in [0.25, 0.3) is 0 Å². The second kappa shape index (κ2) is 7.33. The van der Waals surface area contributed by atoms with Crippen LogP contribution in [-0.2, 0) is 14.8 Å². The highest BCUT2D eigenvalue weighted by molar-refractivity contribution is 7.89. The van der Waals surface area contributed by atoms with Crippen LogP contribution < -0.4 is 0 Å². The number of nitriles is 1. The fourth-order valence-electron chi connectivity index (χ4n) is 1.78. The zero-order chi connectivity index (χ0) is 16.9. The van der Waals surface area contributed by atoms with Crippen molar-refractivity contribution >= 4 is 16.0 Å². The number of esters is 1. The van der Waals surface area contributed by atoms with E-state index in [0.717, 1.165) is 18.2 Å². The Hall–Kier alpha value is -1.98. The predicted octanol–water partition coefficient (Wildman–Crippen LogP) is 1.93. The van der Waals surface area contributed by atoms with Gasteiger partial charge in [-0.1, -0.05) is 13.8 Å². The zero-order valence-corrected chi connectivity index (χ0v) is 13.4. The molecule has 1 atom stereocenters. The average molecular weight is 328 g/mol. The van der Waals surface area contributed by atoms with Crippen molar-refractivity contribution in [2.24, 2.45) is 0 Å². The van der Waals surface area contributed by atoms with Crippen molar-refractivity contribution < 1.29 is 22.3 Å². The molecule has 1 rings (SSSR count).